The van der Waals surface area contributed by atoms with Crippen molar-refractivity contribution in [2.45, 2.75) is 5.38 Å². The van der Waals surface area contributed by atoms with Crippen LogP contribution in [0.2, 0.25) is 0 Å². The summed E-state index contributed by atoms with van der Waals surface area (Å²) in [6, 6.07) is 7.48. The fourth-order valence-corrected chi connectivity index (χ4v) is 2.01. The fraction of sp³-hybridized carbons (Fsp3) is 0.0833. The molecule has 0 bridgehead atoms. The predicted molar refractivity (Wildman–Crippen MR) is 59.2 cm³/mol. The average Bonchev–Trinajstić information content (AvgIpc) is 2.62. The minimum Gasteiger partial charge on any atom is -0.456 e. The van der Waals surface area contributed by atoms with Crippen molar-refractivity contribution < 1.29 is 9.21 Å². The van der Waals surface area contributed by atoms with Gasteiger partial charge in [0, 0.05) is 5.39 Å². The highest BCUT2D eigenvalue weighted by Crippen LogP contribution is 2.31. The van der Waals surface area contributed by atoms with Crippen LogP contribution < -0.4 is 0 Å². The Balaban J connectivity index is 2.40. The average molecular weight is 219 g/mol. The lowest BCUT2D eigenvalue weighted by Gasteiger charge is -2.07. The molecule has 15 heavy (non-hydrogen) atoms. The van der Waals surface area contributed by atoms with Crippen molar-refractivity contribution in [2.24, 2.45) is 0 Å². The third-order valence-corrected chi connectivity index (χ3v) is 2.88. The van der Waals surface area contributed by atoms with Crippen LogP contribution in [0.4, 0.5) is 0 Å². The van der Waals surface area contributed by atoms with Crippen molar-refractivity contribution in [3.63, 3.8) is 0 Å². The van der Waals surface area contributed by atoms with Gasteiger partial charge < -0.3 is 4.42 Å². The lowest BCUT2D eigenvalue weighted by molar-refractivity contribution is 0.0998. The highest BCUT2D eigenvalue weighted by atomic mass is 35.5. The number of furan rings is 1. The molecule has 0 N–H and O–H groups in total. The SMILES string of the molecule is O=C1c2c(oc3ccccc23)C=CC1Cl. The van der Waals surface area contributed by atoms with Gasteiger partial charge in [0.2, 0.25) is 0 Å². The van der Waals surface area contributed by atoms with Crippen LogP contribution in [0.5, 0.6) is 0 Å². The second-order valence-corrected chi connectivity index (χ2v) is 3.93. The standard InChI is InChI=1S/C12H7ClO2/c13-8-5-6-10-11(12(8)14)7-3-1-2-4-9(7)15-10/h1-6,8H. The van der Waals surface area contributed by atoms with E-state index in [0.29, 0.717) is 11.3 Å². The Labute approximate surface area is 91.1 Å². The van der Waals surface area contributed by atoms with Gasteiger partial charge >= 0.3 is 0 Å². The van der Waals surface area contributed by atoms with E-state index in [2.05, 4.69) is 0 Å². The molecule has 1 aliphatic rings. The van der Waals surface area contributed by atoms with E-state index in [1.165, 1.54) is 0 Å². The molecule has 0 fully saturated rings. The molecule has 1 unspecified atom stereocenters. The topological polar surface area (TPSA) is 30.2 Å². The van der Waals surface area contributed by atoms with E-state index in [4.69, 9.17) is 16.0 Å². The largest absolute Gasteiger partial charge is 0.456 e. The number of fused-ring (bicyclic) bond motifs is 3. The van der Waals surface area contributed by atoms with Gasteiger partial charge in [-0.2, -0.15) is 0 Å². The Kier molecular flexibility index (Phi) is 1.73. The van der Waals surface area contributed by atoms with Gasteiger partial charge in [0.1, 0.15) is 16.7 Å². The van der Waals surface area contributed by atoms with Gasteiger partial charge in [-0.1, -0.05) is 24.3 Å². The van der Waals surface area contributed by atoms with E-state index >= 15 is 0 Å². The van der Waals surface area contributed by atoms with Gasteiger partial charge in [-0.25, -0.2) is 0 Å². The summed E-state index contributed by atoms with van der Waals surface area (Å²) >= 11 is 5.87. The first-order valence-corrected chi connectivity index (χ1v) is 5.09. The number of para-hydroxylation sites is 1. The zero-order valence-electron chi connectivity index (χ0n) is 7.74. The van der Waals surface area contributed by atoms with E-state index in [-0.39, 0.29) is 5.78 Å². The quantitative estimate of drug-likeness (QED) is 0.636. The van der Waals surface area contributed by atoms with Gasteiger partial charge in [0.15, 0.2) is 5.78 Å². The van der Waals surface area contributed by atoms with Crippen LogP contribution in [0, 0.1) is 0 Å². The molecule has 0 saturated heterocycles. The molecular weight excluding hydrogens is 212 g/mol. The maximum atomic E-state index is 11.8. The minimum atomic E-state index is -0.571. The molecule has 0 aliphatic heterocycles. The van der Waals surface area contributed by atoms with E-state index in [0.717, 1.165) is 11.0 Å². The van der Waals surface area contributed by atoms with Crippen LogP contribution in [0.25, 0.3) is 17.0 Å². The van der Waals surface area contributed by atoms with E-state index in [1.807, 2.05) is 24.3 Å². The van der Waals surface area contributed by atoms with Crippen molar-refractivity contribution in [3.05, 3.63) is 41.7 Å². The molecule has 0 saturated carbocycles. The summed E-state index contributed by atoms with van der Waals surface area (Å²) in [6.07, 6.45) is 3.41. The molecule has 2 aromatic rings. The first kappa shape index (κ1) is 8.74. The van der Waals surface area contributed by atoms with Crippen molar-refractivity contribution in [2.75, 3.05) is 0 Å². The molecule has 0 radical (unpaired) electrons. The van der Waals surface area contributed by atoms with Crippen molar-refractivity contribution >= 4 is 34.4 Å². The molecule has 1 atom stereocenters. The molecule has 2 nitrogen and oxygen atoms in total. The van der Waals surface area contributed by atoms with Crippen LogP contribution in [0.15, 0.2) is 34.8 Å². The van der Waals surface area contributed by atoms with Gasteiger partial charge in [0.05, 0.1) is 5.56 Å². The first-order valence-electron chi connectivity index (χ1n) is 4.65. The highest BCUT2D eigenvalue weighted by Gasteiger charge is 2.26. The van der Waals surface area contributed by atoms with Gasteiger partial charge in [0.25, 0.3) is 0 Å². The number of hydrogen-bond acceptors (Lipinski definition) is 2. The maximum Gasteiger partial charge on any atom is 0.189 e. The Bertz CT molecular complexity index is 580. The number of halogens is 1. The van der Waals surface area contributed by atoms with Gasteiger partial charge in [-0.15, -0.1) is 11.6 Å². The van der Waals surface area contributed by atoms with Crippen molar-refractivity contribution in [3.8, 4) is 0 Å². The van der Waals surface area contributed by atoms with Crippen molar-refractivity contribution in [1.29, 1.82) is 0 Å². The first-order chi connectivity index (χ1) is 7.27. The van der Waals surface area contributed by atoms with Gasteiger partial charge in [-0.05, 0) is 12.1 Å². The number of carbonyl (C=O) groups excluding carboxylic acids is 1. The zero-order chi connectivity index (χ0) is 10.4. The molecule has 3 rings (SSSR count). The third kappa shape index (κ3) is 1.15. The Morgan fingerprint density at radius 3 is 2.93 bits per heavy atom. The molecule has 0 spiro atoms. The molecule has 3 heteroatoms. The van der Waals surface area contributed by atoms with Crippen LogP contribution in [0.1, 0.15) is 16.1 Å². The summed E-state index contributed by atoms with van der Waals surface area (Å²) in [5.74, 6) is 0.525. The Hall–Kier alpha value is -1.54. The second kappa shape index (κ2) is 2.97. The van der Waals surface area contributed by atoms with Crippen molar-refractivity contribution in [1.82, 2.24) is 0 Å². The summed E-state index contributed by atoms with van der Waals surface area (Å²) < 4.78 is 5.54. The monoisotopic (exact) mass is 218 g/mol. The predicted octanol–water partition coefficient (Wildman–Crippen LogP) is 3.25. The summed E-state index contributed by atoms with van der Waals surface area (Å²) in [5, 5.41) is 0.269. The Morgan fingerprint density at radius 2 is 2.07 bits per heavy atom. The number of Topliss-reactive ketones (excluding diaryl/α,β-unsaturated/α-hetero) is 1. The molecule has 1 aromatic carbocycles. The number of carbonyl (C=O) groups is 1. The smallest absolute Gasteiger partial charge is 0.189 e. The van der Waals surface area contributed by atoms with E-state index in [9.17, 15) is 4.79 Å². The van der Waals surface area contributed by atoms with Crippen LogP contribution in [0.3, 0.4) is 0 Å². The zero-order valence-corrected chi connectivity index (χ0v) is 8.49. The van der Waals surface area contributed by atoms with E-state index in [1.54, 1.807) is 12.2 Å². The number of ketones is 1. The lowest BCUT2D eigenvalue weighted by atomic mass is 9.99. The van der Waals surface area contributed by atoms with Crippen LogP contribution >= 0.6 is 11.6 Å². The molecular formula is C12H7ClO2. The number of hydrogen-bond donors (Lipinski definition) is 0. The summed E-state index contributed by atoms with van der Waals surface area (Å²) in [5.41, 5.74) is 1.33. The molecule has 1 heterocycles. The molecule has 1 aliphatic carbocycles. The lowest BCUT2D eigenvalue weighted by Crippen LogP contribution is -2.15. The highest BCUT2D eigenvalue weighted by molar-refractivity contribution is 6.38. The fourth-order valence-electron chi connectivity index (χ4n) is 1.83. The van der Waals surface area contributed by atoms with Crippen LogP contribution in [-0.4, -0.2) is 11.2 Å². The second-order valence-electron chi connectivity index (χ2n) is 3.46. The Morgan fingerprint density at radius 1 is 1.27 bits per heavy atom. The number of rotatable bonds is 0. The van der Waals surface area contributed by atoms with Gasteiger partial charge in [-0.3, -0.25) is 4.79 Å². The summed E-state index contributed by atoms with van der Waals surface area (Å²) in [6.45, 7) is 0. The number of alkyl halides is 1. The maximum absolute atomic E-state index is 11.8. The third-order valence-electron chi connectivity index (χ3n) is 2.54. The molecule has 74 valence electrons. The normalized spacial score (nSPS) is 19.5. The minimum absolute atomic E-state index is 0.0842. The van der Waals surface area contributed by atoms with Crippen LogP contribution in [-0.2, 0) is 0 Å². The van der Waals surface area contributed by atoms with E-state index < -0.39 is 5.38 Å². The summed E-state index contributed by atoms with van der Waals surface area (Å²) in [7, 11) is 0. The molecule has 0 amide bonds. The summed E-state index contributed by atoms with van der Waals surface area (Å²) in [4.78, 5) is 11.8. The molecule has 1 aromatic heterocycles. The number of allylic oxidation sites excluding steroid dienone is 1. The number of benzene rings is 1.